The number of hydrogen-bond acceptors (Lipinski definition) is 5. The minimum Gasteiger partial charge on any atom is -0.352 e. The largest absolute Gasteiger partial charge is 0.352 e. The van der Waals surface area contributed by atoms with Gasteiger partial charge in [-0.2, -0.15) is 15.5 Å². The quantitative estimate of drug-likeness (QED) is 0.509. The van der Waals surface area contributed by atoms with Gasteiger partial charge in [0, 0.05) is 35.6 Å². The maximum absolute atomic E-state index is 12.6. The summed E-state index contributed by atoms with van der Waals surface area (Å²) in [7, 11) is 0. The maximum Gasteiger partial charge on any atom is 0.220 e. The molecule has 0 aliphatic carbocycles. The first-order chi connectivity index (χ1) is 15.4. The Morgan fingerprint density at radius 1 is 1.06 bits per heavy atom. The summed E-state index contributed by atoms with van der Waals surface area (Å²) in [5.41, 5.74) is 7.63. The molecule has 0 bridgehead atoms. The van der Waals surface area contributed by atoms with Gasteiger partial charge in [-0.3, -0.25) is 4.79 Å². The van der Waals surface area contributed by atoms with E-state index in [2.05, 4.69) is 26.6 Å². The van der Waals surface area contributed by atoms with E-state index >= 15 is 0 Å². The number of aryl methyl sites for hydroxylation is 3. The average Bonchev–Trinajstić information content (AvgIpc) is 3.32. The standard InChI is InChI=1S/C24H25N7O/c1-15-21(17(3)31-24(28-15)19(12-25)13-27-31)10-11-23(32)26-14-22-16(2)29-30(18(22)4)20-8-6-5-7-9-20/h5-9,13H,10-11,14H2,1-4H3,(H,26,32). The number of hydrogen-bond donors (Lipinski definition) is 1. The summed E-state index contributed by atoms with van der Waals surface area (Å²) in [6, 6.07) is 12.1. The van der Waals surface area contributed by atoms with Crippen LogP contribution in [0.1, 0.15) is 45.9 Å². The molecule has 3 heterocycles. The van der Waals surface area contributed by atoms with Gasteiger partial charge in [-0.15, -0.1) is 0 Å². The molecule has 3 aromatic heterocycles. The second-order valence-corrected chi connectivity index (χ2v) is 7.84. The first kappa shape index (κ1) is 21.2. The van der Waals surface area contributed by atoms with Crippen LogP contribution in [-0.4, -0.2) is 30.3 Å². The summed E-state index contributed by atoms with van der Waals surface area (Å²) >= 11 is 0. The lowest BCUT2D eigenvalue weighted by Gasteiger charge is -2.11. The predicted octanol–water partition coefficient (Wildman–Crippen LogP) is 3.27. The van der Waals surface area contributed by atoms with E-state index in [1.807, 2.05) is 62.7 Å². The van der Waals surface area contributed by atoms with Gasteiger partial charge in [0.25, 0.3) is 0 Å². The molecule has 4 aromatic rings. The monoisotopic (exact) mass is 427 g/mol. The van der Waals surface area contributed by atoms with Gasteiger partial charge < -0.3 is 5.32 Å². The van der Waals surface area contributed by atoms with Crippen molar-refractivity contribution in [2.24, 2.45) is 0 Å². The molecule has 1 amide bonds. The fourth-order valence-electron chi connectivity index (χ4n) is 4.02. The van der Waals surface area contributed by atoms with Crippen molar-refractivity contribution < 1.29 is 4.79 Å². The molecule has 0 saturated heterocycles. The molecule has 8 heteroatoms. The van der Waals surface area contributed by atoms with E-state index in [0.717, 1.165) is 39.6 Å². The van der Waals surface area contributed by atoms with E-state index in [0.29, 0.717) is 30.6 Å². The summed E-state index contributed by atoms with van der Waals surface area (Å²) in [5.74, 6) is -0.0339. The first-order valence-electron chi connectivity index (χ1n) is 10.5. The fraction of sp³-hybridized carbons (Fsp3) is 0.292. The lowest BCUT2D eigenvalue weighted by molar-refractivity contribution is -0.121. The predicted molar refractivity (Wildman–Crippen MR) is 120 cm³/mol. The number of nitrogens with one attached hydrogen (secondary N) is 1. The van der Waals surface area contributed by atoms with Gasteiger partial charge in [0.1, 0.15) is 11.6 Å². The number of nitriles is 1. The molecule has 0 fully saturated rings. The van der Waals surface area contributed by atoms with Gasteiger partial charge in [0.05, 0.1) is 17.6 Å². The van der Waals surface area contributed by atoms with Crippen LogP contribution < -0.4 is 5.32 Å². The van der Waals surface area contributed by atoms with Crippen molar-refractivity contribution in [1.82, 2.24) is 29.7 Å². The maximum atomic E-state index is 12.6. The van der Waals surface area contributed by atoms with Crippen LogP contribution in [0.4, 0.5) is 0 Å². The van der Waals surface area contributed by atoms with E-state index in [1.54, 1.807) is 4.52 Å². The first-order valence-corrected chi connectivity index (χ1v) is 10.5. The van der Waals surface area contributed by atoms with Crippen molar-refractivity contribution in [3.8, 4) is 11.8 Å². The number of rotatable bonds is 6. The average molecular weight is 428 g/mol. The highest BCUT2D eigenvalue weighted by Crippen LogP contribution is 2.19. The number of para-hydroxylation sites is 1. The third-order valence-electron chi connectivity index (χ3n) is 5.84. The zero-order valence-corrected chi connectivity index (χ0v) is 18.7. The van der Waals surface area contributed by atoms with Gasteiger partial charge in [0.15, 0.2) is 5.65 Å². The van der Waals surface area contributed by atoms with Crippen LogP contribution in [-0.2, 0) is 17.8 Å². The van der Waals surface area contributed by atoms with Crippen LogP contribution in [0.5, 0.6) is 0 Å². The van der Waals surface area contributed by atoms with Crippen LogP contribution in [0, 0.1) is 39.0 Å². The Balaban J connectivity index is 1.44. The molecule has 0 spiro atoms. The van der Waals surface area contributed by atoms with Crippen molar-refractivity contribution >= 4 is 11.6 Å². The summed E-state index contributed by atoms with van der Waals surface area (Å²) in [4.78, 5) is 17.1. The number of aromatic nitrogens is 5. The number of carbonyl (C=O) groups excluding carboxylic acids is 1. The Hall–Kier alpha value is -3.99. The topological polar surface area (TPSA) is 101 Å². The molecule has 0 aliphatic heterocycles. The van der Waals surface area contributed by atoms with Crippen LogP contribution in [0.2, 0.25) is 0 Å². The second kappa shape index (κ2) is 8.63. The van der Waals surface area contributed by atoms with E-state index in [4.69, 9.17) is 0 Å². The van der Waals surface area contributed by atoms with E-state index < -0.39 is 0 Å². The Labute approximate surface area is 186 Å². The van der Waals surface area contributed by atoms with E-state index in [-0.39, 0.29) is 5.91 Å². The van der Waals surface area contributed by atoms with Crippen LogP contribution in [0.25, 0.3) is 11.3 Å². The van der Waals surface area contributed by atoms with E-state index in [1.165, 1.54) is 6.20 Å². The molecule has 32 heavy (non-hydrogen) atoms. The Bertz CT molecular complexity index is 1340. The van der Waals surface area contributed by atoms with Gasteiger partial charge in [-0.05, 0) is 51.8 Å². The zero-order valence-electron chi connectivity index (χ0n) is 18.7. The van der Waals surface area contributed by atoms with Gasteiger partial charge in [-0.1, -0.05) is 18.2 Å². The summed E-state index contributed by atoms with van der Waals surface area (Å²) < 4.78 is 3.58. The molecule has 0 aliphatic rings. The third kappa shape index (κ3) is 3.85. The van der Waals surface area contributed by atoms with Crippen molar-refractivity contribution in [3.63, 3.8) is 0 Å². The van der Waals surface area contributed by atoms with Gasteiger partial charge in [0.2, 0.25) is 5.91 Å². The van der Waals surface area contributed by atoms with E-state index in [9.17, 15) is 10.1 Å². The number of nitrogens with zero attached hydrogens (tertiary/aromatic N) is 6. The molecule has 0 radical (unpaired) electrons. The number of amides is 1. The summed E-state index contributed by atoms with van der Waals surface area (Å²) in [5, 5.41) is 21.1. The summed E-state index contributed by atoms with van der Waals surface area (Å²) in [6.07, 6.45) is 2.41. The number of fused-ring (bicyclic) bond motifs is 1. The lowest BCUT2D eigenvalue weighted by atomic mass is 10.1. The molecular formula is C24H25N7O. The molecule has 1 N–H and O–H groups in total. The van der Waals surface area contributed by atoms with Crippen LogP contribution in [0.15, 0.2) is 36.5 Å². The molecular weight excluding hydrogens is 402 g/mol. The molecule has 1 aromatic carbocycles. The highest BCUT2D eigenvalue weighted by atomic mass is 16.1. The fourth-order valence-corrected chi connectivity index (χ4v) is 4.02. The molecule has 8 nitrogen and oxygen atoms in total. The second-order valence-electron chi connectivity index (χ2n) is 7.84. The molecule has 4 rings (SSSR count). The molecule has 0 unspecified atom stereocenters. The number of benzene rings is 1. The normalized spacial score (nSPS) is 11.0. The van der Waals surface area contributed by atoms with Crippen LogP contribution in [0.3, 0.4) is 0 Å². The highest BCUT2D eigenvalue weighted by molar-refractivity contribution is 5.76. The summed E-state index contributed by atoms with van der Waals surface area (Å²) in [6.45, 7) is 8.25. The Morgan fingerprint density at radius 2 is 1.81 bits per heavy atom. The zero-order chi connectivity index (χ0) is 22.8. The lowest BCUT2D eigenvalue weighted by Crippen LogP contribution is -2.24. The third-order valence-corrected chi connectivity index (χ3v) is 5.84. The van der Waals surface area contributed by atoms with Crippen molar-refractivity contribution in [2.75, 3.05) is 0 Å². The SMILES string of the molecule is Cc1nn(-c2ccccc2)c(C)c1CNC(=O)CCc1c(C)nc2c(C#N)cnn2c1C. The smallest absolute Gasteiger partial charge is 0.220 e. The van der Waals surface area contributed by atoms with Crippen molar-refractivity contribution in [2.45, 2.75) is 47.1 Å². The Morgan fingerprint density at radius 3 is 2.53 bits per heavy atom. The molecule has 162 valence electrons. The minimum absolute atomic E-state index is 0.0339. The minimum atomic E-state index is -0.0339. The number of carbonyl (C=O) groups is 1. The van der Waals surface area contributed by atoms with Crippen molar-refractivity contribution in [1.29, 1.82) is 5.26 Å². The van der Waals surface area contributed by atoms with Crippen LogP contribution >= 0.6 is 0 Å². The molecule has 0 atom stereocenters. The Kier molecular flexibility index (Phi) is 5.73. The molecule has 0 saturated carbocycles. The van der Waals surface area contributed by atoms with Crippen molar-refractivity contribution in [3.05, 3.63) is 76.0 Å². The van der Waals surface area contributed by atoms with Gasteiger partial charge in [-0.25, -0.2) is 14.2 Å². The highest BCUT2D eigenvalue weighted by Gasteiger charge is 2.16. The van der Waals surface area contributed by atoms with Gasteiger partial charge >= 0.3 is 0 Å².